The Morgan fingerprint density at radius 3 is 2.84 bits per heavy atom. The number of rotatable bonds is 3. The number of carboxylic acids is 1. The normalized spacial score (nSPS) is 9.68. The first-order valence-corrected chi connectivity index (χ1v) is 5.63. The van der Waals surface area contributed by atoms with Crippen molar-refractivity contribution < 1.29 is 9.90 Å². The van der Waals surface area contributed by atoms with Crippen molar-refractivity contribution in [2.24, 2.45) is 0 Å². The van der Waals surface area contributed by atoms with E-state index in [1.54, 1.807) is 18.2 Å². The molecular formula is C13H8ClN3O2. The van der Waals surface area contributed by atoms with E-state index in [-0.39, 0.29) is 5.56 Å². The van der Waals surface area contributed by atoms with Crippen LogP contribution in [0.15, 0.2) is 36.7 Å². The van der Waals surface area contributed by atoms with Gasteiger partial charge in [-0.05, 0) is 24.3 Å². The molecule has 0 fully saturated rings. The number of nitrogens with zero attached hydrogens (tertiary/aromatic N) is 2. The van der Waals surface area contributed by atoms with Gasteiger partial charge in [0.1, 0.15) is 5.56 Å². The lowest BCUT2D eigenvalue weighted by atomic mass is 10.2. The number of carbonyl (C=O) groups is 1. The summed E-state index contributed by atoms with van der Waals surface area (Å²) in [5.41, 5.74) is 1.28. The van der Waals surface area contributed by atoms with E-state index in [4.69, 9.17) is 22.0 Å². The highest BCUT2D eigenvalue weighted by Gasteiger charge is 2.11. The van der Waals surface area contributed by atoms with Gasteiger partial charge in [-0.3, -0.25) is 4.98 Å². The first-order valence-electron chi connectivity index (χ1n) is 5.26. The predicted octanol–water partition coefficient (Wildman–Crippen LogP) is 3.05. The van der Waals surface area contributed by atoms with E-state index < -0.39 is 5.97 Å². The van der Waals surface area contributed by atoms with Crippen LogP contribution in [0.1, 0.15) is 15.9 Å². The molecule has 6 heteroatoms. The maximum absolute atomic E-state index is 11.1. The fourth-order valence-electron chi connectivity index (χ4n) is 1.51. The number of aromatic carboxylic acids is 1. The van der Waals surface area contributed by atoms with Crippen molar-refractivity contribution in [3.05, 3.63) is 52.8 Å². The zero-order valence-corrected chi connectivity index (χ0v) is 10.3. The van der Waals surface area contributed by atoms with Gasteiger partial charge in [0.05, 0.1) is 28.0 Å². The number of halogens is 1. The Morgan fingerprint density at radius 1 is 1.37 bits per heavy atom. The number of aromatic nitrogens is 1. The number of carboxylic acid groups (broad SMARTS) is 1. The summed E-state index contributed by atoms with van der Waals surface area (Å²) in [4.78, 5) is 14.8. The van der Waals surface area contributed by atoms with Gasteiger partial charge in [-0.15, -0.1) is 0 Å². The lowest BCUT2D eigenvalue weighted by Gasteiger charge is -2.10. The van der Waals surface area contributed by atoms with E-state index in [2.05, 4.69) is 10.3 Å². The Balaban J connectivity index is 2.42. The maximum Gasteiger partial charge on any atom is 0.339 e. The summed E-state index contributed by atoms with van der Waals surface area (Å²) < 4.78 is 0. The van der Waals surface area contributed by atoms with Crippen molar-refractivity contribution >= 4 is 28.9 Å². The fraction of sp³-hybridized carbons (Fsp3) is 0. The zero-order valence-electron chi connectivity index (χ0n) is 9.59. The average Bonchev–Trinajstić information content (AvgIpc) is 2.41. The van der Waals surface area contributed by atoms with E-state index in [1.165, 1.54) is 18.5 Å². The van der Waals surface area contributed by atoms with Gasteiger partial charge in [0, 0.05) is 12.4 Å². The van der Waals surface area contributed by atoms with Crippen molar-refractivity contribution in [3.8, 4) is 6.07 Å². The summed E-state index contributed by atoms with van der Waals surface area (Å²) in [6.07, 6.45) is 2.71. The Kier molecular flexibility index (Phi) is 3.64. The van der Waals surface area contributed by atoms with Crippen LogP contribution in [0.5, 0.6) is 0 Å². The number of nitrogens with one attached hydrogen (secondary N) is 1. The Hall–Kier alpha value is -2.58. The maximum atomic E-state index is 11.1. The molecule has 0 radical (unpaired) electrons. The van der Waals surface area contributed by atoms with Gasteiger partial charge >= 0.3 is 5.97 Å². The van der Waals surface area contributed by atoms with Gasteiger partial charge in [-0.1, -0.05) is 11.6 Å². The molecule has 0 amide bonds. The first kappa shape index (κ1) is 12.9. The lowest BCUT2D eigenvalue weighted by Crippen LogP contribution is -2.03. The van der Waals surface area contributed by atoms with Crippen LogP contribution in [0, 0.1) is 11.3 Å². The van der Waals surface area contributed by atoms with Crippen LogP contribution in [-0.2, 0) is 0 Å². The molecule has 1 aromatic carbocycles. The highest BCUT2D eigenvalue weighted by molar-refractivity contribution is 6.33. The van der Waals surface area contributed by atoms with Crippen LogP contribution in [0.4, 0.5) is 11.4 Å². The average molecular weight is 274 g/mol. The van der Waals surface area contributed by atoms with Gasteiger partial charge in [-0.2, -0.15) is 5.26 Å². The van der Waals surface area contributed by atoms with E-state index in [9.17, 15) is 4.79 Å². The number of benzene rings is 1. The molecule has 0 spiro atoms. The Bertz CT molecular complexity index is 680. The molecule has 0 bridgehead atoms. The molecule has 0 unspecified atom stereocenters. The highest BCUT2D eigenvalue weighted by atomic mass is 35.5. The number of hydrogen-bond acceptors (Lipinski definition) is 4. The molecule has 1 aromatic heterocycles. The monoisotopic (exact) mass is 273 g/mol. The quantitative estimate of drug-likeness (QED) is 0.897. The lowest BCUT2D eigenvalue weighted by molar-refractivity contribution is 0.0697. The molecule has 0 aliphatic heterocycles. The molecule has 0 saturated carbocycles. The molecule has 94 valence electrons. The zero-order chi connectivity index (χ0) is 13.8. The second kappa shape index (κ2) is 5.38. The van der Waals surface area contributed by atoms with Crippen LogP contribution >= 0.6 is 11.6 Å². The summed E-state index contributed by atoms with van der Waals surface area (Å²) in [6.45, 7) is 0. The smallest absolute Gasteiger partial charge is 0.339 e. The summed E-state index contributed by atoms with van der Waals surface area (Å²) in [6, 6.07) is 8.22. The van der Waals surface area contributed by atoms with Crippen LogP contribution in [0.25, 0.3) is 0 Å². The first-order chi connectivity index (χ1) is 9.11. The second-order valence-corrected chi connectivity index (χ2v) is 4.07. The van der Waals surface area contributed by atoms with Crippen LogP contribution in [-0.4, -0.2) is 16.1 Å². The SMILES string of the molecule is N#Cc1ccc(Cl)c(Nc2ccncc2C(=O)O)c1. The largest absolute Gasteiger partial charge is 0.478 e. The number of anilines is 2. The molecule has 19 heavy (non-hydrogen) atoms. The third-order valence-corrected chi connectivity index (χ3v) is 2.75. The Labute approximate surface area is 114 Å². The van der Waals surface area contributed by atoms with Crippen molar-refractivity contribution in [3.63, 3.8) is 0 Å². The van der Waals surface area contributed by atoms with Crippen molar-refractivity contribution in [1.82, 2.24) is 4.98 Å². The number of nitriles is 1. The minimum absolute atomic E-state index is 0.0286. The van der Waals surface area contributed by atoms with Crippen molar-refractivity contribution in [1.29, 1.82) is 5.26 Å². The van der Waals surface area contributed by atoms with Gasteiger partial charge in [0.25, 0.3) is 0 Å². The van der Waals surface area contributed by atoms with Gasteiger partial charge in [0.15, 0.2) is 0 Å². The second-order valence-electron chi connectivity index (χ2n) is 3.66. The number of pyridine rings is 1. The van der Waals surface area contributed by atoms with Crippen molar-refractivity contribution in [2.75, 3.05) is 5.32 Å². The van der Waals surface area contributed by atoms with Crippen LogP contribution in [0.3, 0.4) is 0 Å². The van der Waals surface area contributed by atoms with E-state index in [1.807, 2.05) is 6.07 Å². The third kappa shape index (κ3) is 2.81. The van der Waals surface area contributed by atoms with Crippen LogP contribution < -0.4 is 5.32 Å². The summed E-state index contributed by atoms with van der Waals surface area (Å²) in [5, 5.41) is 21.2. The van der Waals surface area contributed by atoms with E-state index in [0.29, 0.717) is 22.0 Å². The molecule has 2 aromatic rings. The minimum atomic E-state index is -1.09. The highest BCUT2D eigenvalue weighted by Crippen LogP contribution is 2.27. The van der Waals surface area contributed by atoms with E-state index >= 15 is 0 Å². The molecule has 0 aliphatic carbocycles. The molecule has 0 aliphatic rings. The molecule has 0 saturated heterocycles. The summed E-state index contributed by atoms with van der Waals surface area (Å²) >= 11 is 6.00. The standard InChI is InChI=1S/C13H8ClN3O2/c14-10-2-1-8(6-15)5-12(10)17-11-3-4-16-7-9(11)13(18)19/h1-5,7H,(H,16,17)(H,18,19). The predicted molar refractivity (Wildman–Crippen MR) is 70.6 cm³/mol. The fourth-order valence-corrected chi connectivity index (χ4v) is 1.67. The van der Waals surface area contributed by atoms with Gasteiger partial charge in [0.2, 0.25) is 0 Å². The molecule has 2 rings (SSSR count). The molecule has 0 atom stereocenters. The number of hydrogen-bond donors (Lipinski definition) is 2. The summed E-state index contributed by atoms with van der Waals surface area (Å²) in [7, 11) is 0. The molecule has 2 N–H and O–H groups in total. The molecule has 1 heterocycles. The van der Waals surface area contributed by atoms with Gasteiger partial charge < -0.3 is 10.4 Å². The van der Waals surface area contributed by atoms with Crippen LogP contribution in [0.2, 0.25) is 5.02 Å². The van der Waals surface area contributed by atoms with E-state index in [0.717, 1.165) is 0 Å². The van der Waals surface area contributed by atoms with Gasteiger partial charge in [-0.25, -0.2) is 4.79 Å². The molecule has 5 nitrogen and oxygen atoms in total. The molecular weight excluding hydrogens is 266 g/mol. The topological polar surface area (TPSA) is 86.0 Å². The Morgan fingerprint density at radius 2 is 2.16 bits per heavy atom. The minimum Gasteiger partial charge on any atom is -0.478 e. The van der Waals surface area contributed by atoms with Crippen molar-refractivity contribution in [2.45, 2.75) is 0 Å². The summed E-state index contributed by atoms with van der Waals surface area (Å²) in [5.74, 6) is -1.09. The third-order valence-electron chi connectivity index (χ3n) is 2.42.